The summed E-state index contributed by atoms with van der Waals surface area (Å²) in [7, 11) is 3.96. The van der Waals surface area contributed by atoms with Crippen LogP contribution in [0.2, 0.25) is 0 Å². The quantitative estimate of drug-likeness (QED) is 0.559. The maximum Gasteiger partial charge on any atom is 0.235 e. The van der Waals surface area contributed by atoms with Crippen molar-refractivity contribution >= 4 is 6.08 Å². The molecule has 0 fully saturated rings. The van der Waals surface area contributed by atoms with Crippen molar-refractivity contribution in [3.8, 4) is 5.75 Å². The minimum Gasteiger partial charge on any atom is -0.492 e. The minimum absolute atomic E-state index is 0.485. The third-order valence-electron chi connectivity index (χ3n) is 2.08. The number of hydrogen-bond donors (Lipinski definition) is 0. The molecule has 1 rings (SSSR count). The summed E-state index contributed by atoms with van der Waals surface area (Å²) in [5.41, 5.74) is 0.779. The molecule has 1 aromatic carbocycles. The normalized spacial score (nSPS) is 11.0. The van der Waals surface area contributed by atoms with Gasteiger partial charge in [0, 0.05) is 12.6 Å². The molecular weight excluding hydrogens is 220 g/mol. The highest BCUT2D eigenvalue weighted by molar-refractivity contribution is 5.49. The highest BCUT2D eigenvalue weighted by atomic mass is 16.6. The summed E-state index contributed by atoms with van der Waals surface area (Å²) in [6.45, 7) is 1.47. The molecule has 17 heavy (non-hydrogen) atoms. The van der Waals surface area contributed by atoms with Crippen molar-refractivity contribution in [1.29, 1.82) is 0 Å². The molecule has 0 saturated heterocycles. The Morgan fingerprint density at radius 2 is 2.00 bits per heavy atom. The summed E-state index contributed by atoms with van der Waals surface area (Å²) in [6.07, 6.45) is 2.37. The van der Waals surface area contributed by atoms with Gasteiger partial charge in [-0.25, -0.2) is 0 Å². The molecule has 0 spiro atoms. The van der Waals surface area contributed by atoms with Crippen molar-refractivity contribution < 1.29 is 9.66 Å². The first kappa shape index (κ1) is 13.2. The average Bonchev–Trinajstić information content (AvgIpc) is 2.27. The fourth-order valence-corrected chi connectivity index (χ4v) is 1.17. The molecule has 0 N–H and O–H groups in total. The Morgan fingerprint density at radius 1 is 1.35 bits per heavy atom. The Kier molecular flexibility index (Phi) is 5.16. The van der Waals surface area contributed by atoms with E-state index in [9.17, 15) is 10.1 Å². The molecule has 0 aliphatic rings. The minimum atomic E-state index is -0.485. The molecule has 0 amide bonds. The number of benzene rings is 1. The van der Waals surface area contributed by atoms with E-state index in [0.29, 0.717) is 6.61 Å². The molecule has 0 bridgehead atoms. The van der Waals surface area contributed by atoms with E-state index in [0.717, 1.165) is 24.1 Å². The van der Waals surface area contributed by atoms with Gasteiger partial charge < -0.3 is 9.64 Å². The first-order valence-electron chi connectivity index (χ1n) is 5.27. The van der Waals surface area contributed by atoms with Crippen LogP contribution in [0, 0.1) is 10.1 Å². The van der Waals surface area contributed by atoms with E-state index in [2.05, 4.69) is 0 Å². The summed E-state index contributed by atoms with van der Waals surface area (Å²) < 4.78 is 5.50. The number of nitro groups is 1. The first-order chi connectivity index (χ1) is 8.08. The second kappa shape index (κ2) is 6.65. The van der Waals surface area contributed by atoms with Crippen LogP contribution in [0.3, 0.4) is 0 Å². The molecular formula is C12H16N2O3. The fraction of sp³-hybridized carbons (Fsp3) is 0.333. The van der Waals surface area contributed by atoms with Gasteiger partial charge in [-0.3, -0.25) is 10.1 Å². The van der Waals surface area contributed by atoms with E-state index in [1.807, 2.05) is 19.0 Å². The predicted molar refractivity (Wildman–Crippen MR) is 66.5 cm³/mol. The molecule has 0 saturated carbocycles. The van der Waals surface area contributed by atoms with Gasteiger partial charge in [-0.2, -0.15) is 0 Å². The van der Waals surface area contributed by atoms with Crippen LogP contribution >= 0.6 is 0 Å². The number of nitrogens with zero attached hydrogens (tertiary/aromatic N) is 2. The molecule has 0 aromatic heterocycles. The Bertz CT molecular complexity index is 385. The maximum atomic E-state index is 10.1. The van der Waals surface area contributed by atoms with Crippen molar-refractivity contribution in [1.82, 2.24) is 4.90 Å². The first-order valence-corrected chi connectivity index (χ1v) is 5.27. The van der Waals surface area contributed by atoms with E-state index in [1.54, 1.807) is 24.3 Å². The van der Waals surface area contributed by atoms with Crippen LogP contribution < -0.4 is 4.74 Å². The van der Waals surface area contributed by atoms with Gasteiger partial charge in [-0.15, -0.1) is 0 Å². The standard InChI is InChI=1S/C12H16N2O3/c1-13(2)9-10-17-12-5-3-11(4-6-12)7-8-14(15)16/h3-8H,9-10H2,1-2H3. The number of rotatable bonds is 6. The average molecular weight is 236 g/mol. The van der Waals surface area contributed by atoms with Crippen molar-refractivity contribution in [3.63, 3.8) is 0 Å². The molecule has 1 aromatic rings. The molecule has 0 atom stereocenters. The van der Waals surface area contributed by atoms with Gasteiger partial charge in [-0.1, -0.05) is 12.1 Å². The van der Waals surface area contributed by atoms with E-state index in [1.165, 1.54) is 6.08 Å². The highest BCUT2D eigenvalue weighted by Gasteiger charge is 1.95. The third-order valence-corrected chi connectivity index (χ3v) is 2.08. The zero-order valence-electron chi connectivity index (χ0n) is 10.00. The Balaban J connectivity index is 2.47. The van der Waals surface area contributed by atoms with Gasteiger partial charge in [0.25, 0.3) is 0 Å². The highest BCUT2D eigenvalue weighted by Crippen LogP contribution is 2.13. The zero-order valence-corrected chi connectivity index (χ0v) is 10.00. The van der Waals surface area contributed by atoms with Gasteiger partial charge in [-0.05, 0) is 31.8 Å². The Hall–Kier alpha value is -1.88. The predicted octanol–water partition coefficient (Wildman–Crippen LogP) is 1.87. The zero-order chi connectivity index (χ0) is 12.7. The Labute approximate surface area is 100 Å². The van der Waals surface area contributed by atoms with Gasteiger partial charge >= 0.3 is 0 Å². The van der Waals surface area contributed by atoms with Gasteiger partial charge in [0.1, 0.15) is 12.4 Å². The molecule has 0 aliphatic carbocycles. The van der Waals surface area contributed by atoms with Crippen molar-refractivity contribution in [2.75, 3.05) is 27.2 Å². The SMILES string of the molecule is CN(C)CCOc1ccc(C=C[N+](=O)[O-])cc1. The summed E-state index contributed by atoms with van der Waals surface area (Å²) in [5, 5.41) is 10.1. The van der Waals surface area contributed by atoms with Crippen LogP contribution in [0.4, 0.5) is 0 Å². The van der Waals surface area contributed by atoms with Crippen LogP contribution in [-0.2, 0) is 0 Å². The van der Waals surface area contributed by atoms with Crippen LogP contribution in [0.1, 0.15) is 5.56 Å². The van der Waals surface area contributed by atoms with Crippen LogP contribution in [-0.4, -0.2) is 37.1 Å². The molecule has 0 heterocycles. The summed E-state index contributed by atoms with van der Waals surface area (Å²) >= 11 is 0. The Morgan fingerprint density at radius 3 is 2.53 bits per heavy atom. The monoisotopic (exact) mass is 236 g/mol. The molecule has 0 radical (unpaired) electrons. The summed E-state index contributed by atoms with van der Waals surface area (Å²) in [4.78, 5) is 11.7. The van der Waals surface area contributed by atoms with Crippen molar-refractivity contribution in [3.05, 3.63) is 46.1 Å². The fourth-order valence-electron chi connectivity index (χ4n) is 1.17. The van der Waals surface area contributed by atoms with Crippen molar-refractivity contribution in [2.24, 2.45) is 0 Å². The topological polar surface area (TPSA) is 55.6 Å². The smallest absolute Gasteiger partial charge is 0.235 e. The lowest BCUT2D eigenvalue weighted by Crippen LogP contribution is -2.19. The van der Waals surface area contributed by atoms with Gasteiger partial charge in [0.2, 0.25) is 6.20 Å². The molecule has 5 heteroatoms. The van der Waals surface area contributed by atoms with Crippen LogP contribution in [0.15, 0.2) is 30.5 Å². The second-order valence-electron chi connectivity index (χ2n) is 3.82. The lowest BCUT2D eigenvalue weighted by Gasteiger charge is -2.10. The molecule has 5 nitrogen and oxygen atoms in total. The van der Waals surface area contributed by atoms with E-state index < -0.39 is 4.92 Å². The number of ether oxygens (including phenoxy) is 1. The van der Waals surface area contributed by atoms with E-state index in [4.69, 9.17) is 4.74 Å². The largest absolute Gasteiger partial charge is 0.492 e. The van der Waals surface area contributed by atoms with Gasteiger partial charge in [0.15, 0.2) is 0 Å². The maximum absolute atomic E-state index is 10.1. The van der Waals surface area contributed by atoms with Gasteiger partial charge in [0.05, 0.1) is 4.92 Å². The van der Waals surface area contributed by atoms with E-state index in [-0.39, 0.29) is 0 Å². The summed E-state index contributed by atoms with van der Waals surface area (Å²) in [5.74, 6) is 0.769. The molecule has 92 valence electrons. The lowest BCUT2D eigenvalue weighted by atomic mass is 10.2. The molecule has 0 aliphatic heterocycles. The third kappa shape index (κ3) is 5.67. The molecule has 0 unspecified atom stereocenters. The number of hydrogen-bond acceptors (Lipinski definition) is 4. The second-order valence-corrected chi connectivity index (χ2v) is 3.82. The van der Waals surface area contributed by atoms with E-state index >= 15 is 0 Å². The van der Waals surface area contributed by atoms with Crippen LogP contribution in [0.25, 0.3) is 6.08 Å². The lowest BCUT2D eigenvalue weighted by molar-refractivity contribution is -0.400. The van der Waals surface area contributed by atoms with Crippen molar-refractivity contribution in [2.45, 2.75) is 0 Å². The van der Waals surface area contributed by atoms with Crippen LogP contribution in [0.5, 0.6) is 5.75 Å². The number of likely N-dealkylation sites (N-methyl/N-ethyl adjacent to an activating group) is 1. The summed E-state index contributed by atoms with van der Waals surface area (Å²) in [6, 6.07) is 7.17.